The molecule has 1 rings (SSSR count). The topological polar surface area (TPSA) is 0 Å². The average molecular weight is 228 g/mol. The molecule has 0 nitrogen and oxygen atoms in total. The minimum atomic E-state index is 0.671. The van der Waals surface area contributed by atoms with Gasteiger partial charge in [-0.2, -0.15) is 0 Å². The van der Waals surface area contributed by atoms with Gasteiger partial charge in [-0.1, -0.05) is 0 Å². The van der Waals surface area contributed by atoms with Crippen molar-refractivity contribution in [2.45, 2.75) is 0 Å². The molecule has 0 N–H and O–H groups in total. The summed E-state index contributed by atoms with van der Waals surface area (Å²) in [5.74, 6) is 0. The molecule has 1 aromatic rings. The molecular formula is C3H2SSe2. The number of hydrogen-bond acceptors (Lipinski definition) is 1. The van der Waals surface area contributed by atoms with E-state index in [-0.39, 0.29) is 0 Å². The van der Waals surface area contributed by atoms with E-state index in [1.54, 1.807) is 11.3 Å². The van der Waals surface area contributed by atoms with Gasteiger partial charge >= 0.3 is 54.0 Å². The average Bonchev–Trinajstić information content (AvgIpc) is 1.86. The van der Waals surface area contributed by atoms with Gasteiger partial charge in [-0.25, -0.2) is 0 Å². The summed E-state index contributed by atoms with van der Waals surface area (Å²) in [4.78, 5) is 2.21. The molecule has 0 aliphatic heterocycles. The Morgan fingerprint density at radius 1 is 1.83 bits per heavy atom. The first kappa shape index (κ1) is 5.01. The van der Waals surface area contributed by atoms with Gasteiger partial charge in [0, 0.05) is 0 Å². The normalized spacial score (nSPS) is 8.67. The van der Waals surface area contributed by atoms with Crippen molar-refractivity contribution in [1.29, 1.82) is 0 Å². The quantitative estimate of drug-likeness (QED) is 0.567. The van der Waals surface area contributed by atoms with Crippen LogP contribution in [-0.2, 0) is 0 Å². The Morgan fingerprint density at radius 3 is 2.83 bits per heavy atom. The predicted octanol–water partition coefficient (Wildman–Crippen LogP) is 0.506. The molecule has 0 amide bonds. The summed E-state index contributed by atoms with van der Waals surface area (Å²) in [5.41, 5.74) is 0. The molecule has 0 saturated carbocycles. The number of rotatable bonds is 0. The molecule has 0 bridgehead atoms. The minimum absolute atomic E-state index is 0.671. The van der Waals surface area contributed by atoms with E-state index in [1.165, 1.54) is 2.25 Å². The van der Waals surface area contributed by atoms with Crippen molar-refractivity contribution < 1.29 is 0 Å². The van der Waals surface area contributed by atoms with Crippen molar-refractivity contribution >= 4 is 41.4 Å². The molecule has 1 aromatic heterocycles. The molecule has 0 saturated heterocycles. The van der Waals surface area contributed by atoms with Gasteiger partial charge in [-0.3, -0.25) is 0 Å². The molecule has 0 radical (unpaired) electrons. The zero-order valence-corrected chi connectivity index (χ0v) is 7.12. The van der Waals surface area contributed by atoms with E-state index in [0.717, 1.165) is 0 Å². The van der Waals surface area contributed by atoms with E-state index in [1.807, 2.05) is 0 Å². The molecule has 0 fully saturated rings. The maximum atomic E-state index is 2.98. The third-order valence-electron chi connectivity index (χ3n) is 0.384. The zero-order valence-electron chi connectivity index (χ0n) is 2.88. The molecule has 0 aliphatic rings. The van der Waals surface area contributed by atoms with Gasteiger partial charge in [0.25, 0.3) is 0 Å². The molecule has 0 aliphatic carbocycles. The van der Waals surface area contributed by atoms with E-state index in [2.05, 4.69) is 25.9 Å². The summed E-state index contributed by atoms with van der Waals surface area (Å²) in [5, 5.41) is 2.13. The van der Waals surface area contributed by atoms with Crippen LogP contribution in [0.25, 0.3) is 0 Å². The summed E-state index contributed by atoms with van der Waals surface area (Å²) >= 11 is 5.46. The second-order valence-electron chi connectivity index (χ2n) is 0.758. The van der Waals surface area contributed by atoms with Crippen LogP contribution < -0.4 is 0 Å². The Morgan fingerprint density at radius 2 is 2.67 bits per heavy atom. The molecule has 0 unspecified atom stereocenters. The van der Waals surface area contributed by atoms with Gasteiger partial charge in [0.15, 0.2) is 0 Å². The van der Waals surface area contributed by atoms with Crippen LogP contribution >= 0.6 is 11.3 Å². The molecule has 3 heteroatoms. The Bertz CT molecular complexity index is 147. The van der Waals surface area contributed by atoms with E-state index >= 15 is 0 Å². The Labute approximate surface area is 53.9 Å². The Balaban J connectivity index is 3.41. The second kappa shape index (κ2) is 2.25. The second-order valence-corrected chi connectivity index (χ2v) is 6.93. The molecule has 0 spiro atoms. The summed E-state index contributed by atoms with van der Waals surface area (Å²) < 4.78 is 1.45. The maximum absolute atomic E-state index is 2.98. The monoisotopic (exact) mass is 230 g/mol. The van der Waals surface area contributed by atoms with Crippen LogP contribution in [0.3, 0.4) is 0 Å². The molecule has 6 heavy (non-hydrogen) atoms. The third kappa shape index (κ3) is 1.18. The van der Waals surface area contributed by atoms with E-state index in [0.29, 0.717) is 14.5 Å². The summed E-state index contributed by atoms with van der Waals surface area (Å²) in [6.07, 6.45) is 0. The van der Waals surface area contributed by atoms with Crippen molar-refractivity contribution in [2.75, 3.05) is 0 Å². The summed E-state index contributed by atoms with van der Waals surface area (Å²) in [7, 11) is 0. The zero-order chi connectivity index (χ0) is 4.41. The first-order chi connectivity index (χ1) is 2.89. The molecular weight excluding hydrogens is 226 g/mol. The van der Waals surface area contributed by atoms with Gasteiger partial charge in [0.2, 0.25) is 0 Å². The van der Waals surface area contributed by atoms with Crippen molar-refractivity contribution in [1.82, 2.24) is 0 Å². The fraction of sp³-hybridized carbons (Fsp3) is 0. The van der Waals surface area contributed by atoms with Crippen LogP contribution in [-0.4, -0.2) is 30.1 Å². The van der Waals surface area contributed by atoms with Gasteiger partial charge in [-0.15, -0.1) is 0 Å². The predicted molar refractivity (Wildman–Crippen MR) is 30.3 cm³/mol. The van der Waals surface area contributed by atoms with Gasteiger partial charge in [-0.05, 0) is 0 Å². The van der Waals surface area contributed by atoms with Crippen molar-refractivity contribution in [2.24, 2.45) is 0 Å². The van der Waals surface area contributed by atoms with Crippen LogP contribution in [0.4, 0.5) is 0 Å². The van der Waals surface area contributed by atoms with Gasteiger partial charge < -0.3 is 0 Å². The summed E-state index contributed by atoms with van der Waals surface area (Å²) in [6.45, 7) is 0. The van der Waals surface area contributed by atoms with E-state index < -0.39 is 0 Å². The Hall–Kier alpha value is 0.869. The van der Waals surface area contributed by atoms with Crippen LogP contribution in [0.15, 0.2) is 10.3 Å². The van der Waals surface area contributed by atoms with E-state index in [9.17, 15) is 0 Å². The van der Waals surface area contributed by atoms with Crippen molar-refractivity contribution in [3.63, 3.8) is 0 Å². The third-order valence-corrected chi connectivity index (χ3v) is 4.97. The van der Waals surface area contributed by atoms with E-state index in [4.69, 9.17) is 0 Å². The van der Waals surface area contributed by atoms with Crippen LogP contribution in [0.5, 0.6) is 0 Å². The summed E-state index contributed by atoms with van der Waals surface area (Å²) in [6, 6.07) is 0. The van der Waals surface area contributed by atoms with Gasteiger partial charge in [0.1, 0.15) is 0 Å². The standard InChI is InChI=1S/C3H2SSe2/c5-3-4-1-2-6-3/h1-2H. The number of hydrogen-bond donors (Lipinski definition) is 0. The molecule has 1 heterocycles. The molecule has 0 aromatic carbocycles. The van der Waals surface area contributed by atoms with Crippen LogP contribution in [0, 0.1) is 2.25 Å². The fourth-order valence-corrected chi connectivity index (χ4v) is 3.35. The molecule has 32 valence electrons. The van der Waals surface area contributed by atoms with Crippen molar-refractivity contribution in [3.05, 3.63) is 12.6 Å². The van der Waals surface area contributed by atoms with Crippen LogP contribution in [0.2, 0.25) is 0 Å². The molecule has 0 atom stereocenters. The van der Waals surface area contributed by atoms with Gasteiger partial charge in [0.05, 0.1) is 0 Å². The first-order valence-corrected chi connectivity index (χ1v) is 5.00. The van der Waals surface area contributed by atoms with Crippen LogP contribution in [0.1, 0.15) is 0 Å². The Kier molecular flexibility index (Phi) is 1.88. The van der Waals surface area contributed by atoms with Crippen molar-refractivity contribution in [3.8, 4) is 0 Å². The SMILES string of the molecule is [Se]=c1scc[se]1. The first-order valence-electron chi connectivity index (χ1n) is 1.42. The fourth-order valence-electron chi connectivity index (χ4n) is 0.194.